The fourth-order valence-corrected chi connectivity index (χ4v) is 3.78. The van der Waals surface area contributed by atoms with Crippen LogP contribution in [-0.4, -0.2) is 30.4 Å². The van der Waals surface area contributed by atoms with E-state index in [0.717, 1.165) is 31.5 Å². The largest absolute Gasteiger partial charge is 0.350 e. The molecule has 146 valence electrons. The van der Waals surface area contributed by atoms with Crippen molar-refractivity contribution in [1.82, 2.24) is 10.2 Å². The number of likely N-dealkylation sites (tertiary alicyclic amines) is 1. The summed E-state index contributed by atoms with van der Waals surface area (Å²) in [7, 11) is 0. The fourth-order valence-electron chi connectivity index (χ4n) is 3.52. The Bertz CT molecular complexity index is 748. The van der Waals surface area contributed by atoms with Crippen molar-refractivity contribution >= 4 is 29.9 Å². The van der Waals surface area contributed by atoms with Crippen LogP contribution < -0.4 is 5.32 Å². The minimum atomic E-state index is -0.505. The Balaban J connectivity index is 0.00000261. The van der Waals surface area contributed by atoms with E-state index in [9.17, 15) is 9.18 Å². The highest BCUT2D eigenvalue weighted by atomic mass is 35.5. The molecule has 0 radical (unpaired) electrons. The van der Waals surface area contributed by atoms with Crippen LogP contribution in [0, 0.1) is 5.82 Å². The molecule has 0 aliphatic carbocycles. The van der Waals surface area contributed by atoms with Gasteiger partial charge in [0.15, 0.2) is 0 Å². The van der Waals surface area contributed by atoms with Crippen LogP contribution in [0.1, 0.15) is 47.6 Å². The van der Waals surface area contributed by atoms with Crippen LogP contribution in [0.4, 0.5) is 4.39 Å². The topological polar surface area (TPSA) is 32.3 Å². The van der Waals surface area contributed by atoms with E-state index in [2.05, 4.69) is 10.2 Å². The number of hydrogen-bond donors (Lipinski definition) is 1. The molecule has 2 aromatic rings. The monoisotopic (exact) mass is 410 g/mol. The molecule has 6 heteroatoms. The molecule has 1 saturated heterocycles. The first-order chi connectivity index (χ1) is 12.7. The van der Waals surface area contributed by atoms with Crippen LogP contribution in [0.2, 0.25) is 5.02 Å². The summed E-state index contributed by atoms with van der Waals surface area (Å²) in [5.74, 6) is -0.899. The zero-order valence-corrected chi connectivity index (χ0v) is 16.7. The highest BCUT2D eigenvalue weighted by Gasteiger charge is 2.24. The van der Waals surface area contributed by atoms with Crippen LogP contribution in [0.25, 0.3) is 0 Å². The number of nitrogens with one attached hydrogen (secondary N) is 1. The maximum absolute atomic E-state index is 13.9. The second-order valence-corrected chi connectivity index (χ2v) is 7.08. The van der Waals surface area contributed by atoms with E-state index in [-0.39, 0.29) is 24.0 Å². The molecule has 0 spiro atoms. The van der Waals surface area contributed by atoms with Crippen molar-refractivity contribution in [2.75, 3.05) is 19.6 Å². The molecule has 2 aromatic carbocycles. The normalized spacial score (nSPS) is 16.1. The van der Waals surface area contributed by atoms with Gasteiger partial charge in [-0.1, -0.05) is 54.8 Å². The van der Waals surface area contributed by atoms with Gasteiger partial charge in [0.25, 0.3) is 5.91 Å². The molecule has 0 bridgehead atoms. The van der Waals surface area contributed by atoms with Gasteiger partial charge in [0.05, 0.1) is 11.6 Å². The van der Waals surface area contributed by atoms with Gasteiger partial charge in [-0.15, -0.1) is 12.4 Å². The number of carbonyl (C=O) groups excluding carboxylic acids is 1. The lowest BCUT2D eigenvalue weighted by atomic mass is 10.0. The Morgan fingerprint density at radius 2 is 1.67 bits per heavy atom. The van der Waals surface area contributed by atoms with Gasteiger partial charge in [-0.3, -0.25) is 9.69 Å². The first-order valence-corrected chi connectivity index (χ1v) is 9.56. The summed E-state index contributed by atoms with van der Waals surface area (Å²) >= 11 is 6.44. The Morgan fingerprint density at radius 3 is 2.33 bits per heavy atom. The minimum absolute atomic E-state index is 0. The van der Waals surface area contributed by atoms with Gasteiger partial charge in [-0.25, -0.2) is 4.39 Å². The predicted molar refractivity (Wildman–Crippen MR) is 110 cm³/mol. The molecule has 1 heterocycles. The van der Waals surface area contributed by atoms with Gasteiger partial charge in [-0.05, 0) is 49.7 Å². The summed E-state index contributed by atoms with van der Waals surface area (Å²) in [6, 6.07) is 13.8. The molecule has 0 aromatic heterocycles. The lowest BCUT2D eigenvalue weighted by Crippen LogP contribution is -2.39. The van der Waals surface area contributed by atoms with E-state index in [4.69, 9.17) is 11.6 Å². The quantitative estimate of drug-likeness (QED) is 0.729. The van der Waals surface area contributed by atoms with Gasteiger partial charge in [0, 0.05) is 11.6 Å². The smallest absolute Gasteiger partial charge is 0.254 e. The van der Waals surface area contributed by atoms with E-state index >= 15 is 0 Å². The summed E-state index contributed by atoms with van der Waals surface area (Å²) in [4.78, 5) is 14.8. The van der Waals surface area contributed by atoms with Gasteiger partial charge >= 0.3 is 0 Å². The van der Waals surface area contributed by atoms with Crippen LogP contribution in [0.5, 0.6) is 0 Å². The predicted octanol–water partition coefficient (Wildman–Crippen LogP) is 5.25. The van der Waals surface area contributed by atoms with Crippen molar-refractivity contribution in [3.05, 3.63) is 70.5 Å². The molecule has 1 N–H and O–H groups in total. The average molecular weight is 411 g/mol. The molecule has 1 unspecified atom stereocenters. The fraction of sp³-hybridized carbons (Fsp3) is 0.381. The minimum Gasteiger partial charge on any atom is -0.350 e. The van der Waals surface area contributed by atoms with E-state index in [1.165, 1.54) is 25.0 Å². The molecule has 27 heavy (non-hydrogen) atoms. The molecule has 1 aliphatic heterocycles. The molecule has 3 nitrogen and oxygen atoms in total. The third kappa shape index (κ3) is 5.68. The third-order valence-electron chi connectivity index (χ3n) is 4.92. The van der Waals surface area contributed by atoms with Gasteiger partial charge in [0.1, 0.15) is 5.82 Å². The molecule has 0 saturated carbocycles. The second-order valence-electron chi connectivity index (χ2n) is 6.68. The molecular weight excluding hydrogens is 386 g/mol. The Labute approximate surface area is 171 Å². The summed E-state index contributed by atoms with van der Waals surface area (Å²) in [5, 5.41) is 3.60. The summed E-state index contributed by atoms with van der Waals surface area (Å²) in [6.45, 7) is 2.35. The highest BCUT2D eigenvalue weighted by molar-refractivity contribution is 6.31. The molecule has 1 atom stereocenters. The van der Waals surface area contributed by atoms with Crippen LogP contribution in [-0.2, 0) is 0 Å². The van der Waals surface area contributed by atoms with Crippen molar-refractivity contribution in [2.45, 2.75) is 31.7 Å². The molecule has 3 rings (SSSR count). The number of halogens is 3. The summed E-state index contributed by atoms with van der Waals surface area (Å²) < 4.78 is 13.9. The first-order valence-electron chi connectivity index (χ1n) is 9.18. The third-order valence-corrected chi connectivity index (χ3v) is 5.26. The summed E-state index contributed by atoms with van der Waals surface area (Å²) in [5.41, 5.74) is 1.08. The first kappa shape index (κ1) is 21.7. The van der Waals surface area contributed by atoms with E-state index in [1.54, 1.807) is 12.1 Å². The van der Waals surface area contributed by atoms with Crippen molar-refractivity contribution in [2.24, 2.45) is 0 Å². The van der Waals surface area contributed by atoms with Gasteiger partial charge in [-0.2, -0.15) is 0 Å². The van der Waals surface area contributed by atoms with Crippen LogP contribution in [0.15, 0.2) is 48.5 Å². The summed E-state index contributed by atoms with van der Waals surface area (Å²) in [6.07, 6.45) is 4.74. The van der Waals surface area contributed by atoms with Crippen LogP contribution in [0.3, 0.4) is 0 Å². The van der Waals surface area contributed by atoms with Crippen molar-refractivity contribution < 1.29 is 9.18 Å². The van der Waals surface area contributed by atoms with Gasteiger partial charge < -0.3 is 5.32 Å². The molecule has 1 aliphatic rings. The zero-order chi connectivity index (χ0) is 18.4. The second kappa shape index (κ2) is 10.6. The lowest BCUT2D eigenvalue weighted by Gasteiger charge is -2.31. The molecule has 1 amide bonds. The van der Waals surface area contributed by atoms with Crippen molar-refractivity contribution in [3.63, 3.8) is 0 Å². The molecular formula is C21H25Cl2FN2O. The lowest BCUT2D eigenvalue weighted by molar-refractivity contribution is 0.0929. The van der Waals surface area contributed by atoms with Gasteiger partial charge in [0.2, 0.25) is 0 Å². The number of amides is 1. The maximum atomic E-state index is 13.9. The average Bonchev–Trinajstić information content (AvgIpc) is 2.93. The Hall–Kier alpha value is -1.62. The number of rotatable bonds is 5. The van der Waals surface area contributed by atoms with E-state index < -0.39 is 11.7 Å². The van der Waals surface area contributed by atoms with Crippen molar-refractivity contribution in [1.29, 1.82) is 0 Å². The van der Waals surface area contributed by atoms with Crippen molar-refractivity contribution in [3.8, 4) is 0 Å². The maximum Gasteiger partial charge on any atom is 0.254 e. The number of benzene rings is 2. The van der Waals surface area contributed by atoms with Crippen LogP contribution >= 0.6 is 24.0 Å². The molecule has 1 fully saturated rings. The number of hydrogen-bond acceptors (Lipinski definition) is 2. The van der Waals surface area contributed by atoms with E-state index in [1.807, 2.05) is 24.3 Å². The highest BCUT2D eigenvalue weighted by Crippen LogP contribution is 2.29. The van der Waals surface area contributed by atoms with E-state index in [0.29, 0.717) is 11.6 Å². The Morgan fingerprint density at radius 1 is 1.04 bits per heavy atom. The Kier molecular flexibility index (Phi) is 8.55. The number of carbonyl (C=O) groups is 1. The number of nitrogens with zero attached hydrogens (tertiary/aromatic N) is 1. The standard InChI is InChI=1S/C21H24ClFN2O.ClH/c22-18-11-5-3-9-16(18)20(25-13-7-1-2-8-14-25)15-24-21(26)17-10-4-6-12-19(17)23;/h3-6,9-12,20H,1-2,7-8,13-15H2,(H,24,26);1H. The SMILES string of the molecule is Cl.O=C(NCC(c1ccccc1Cl)N1CCCCCC1)c1ccccc1F. The zero-order valence-electron chi connectivity index (χ0n) is 15.2.